The fourth-order valence-electron chi connectivity index (χ4n) is 1.92. The summed E-state index contributed by atoms with van der Waals surface area (Å²) >= 11 is 0.993. The molecule has 1 heterocycles. The Morgan fingerprint density at radius 3 is 2.75 bits per heavy atom. The SMILES string of the molecule is CCOc1cc(/C=C(\Sc2n[nH]c(CC)n2)C(=O)O)ccc1OC. The zero-order valence-electron chi connectivity index (χ0n) is 13.7. The van der Waals surface area contributed by atoms with Crippen LogP contribution in [-0.4, -0.2) is 40.0 Å². The molecule has 0 fully saturated rings. The second kappa shape index (κ2) is 8.39. The van der Waals surface area contributed by atoms with Crippen molar-refractivity contribution in [3.8, 4) is 11.5 Å². The number of methoxy groups -OCH3 is 1. The quantitative estimate of drug-likeness (QED) is 0.558. The molecule has 0 saturated heterocycles. The number of hydrogen-bond acceptors (Lipinski definition) is 6. The van der Waals surface area contributed by atoms with Crippen molar-refractivity contribution in [1.82, 2.24) is 15.2 Å². The van der Waals surface area contributed by atoms with E-state index in [1.165, 1.54) is 0 Å². The second-order valence-electron chi connectivity index (χ2n) is 4.68. The van der Waals surface area contributed by atoms with E-state index >= 15 is 0 Å². The molecule has 0 radical (unpaired) electrons. The van der Waals surface area contributed by atoms with Crippen molar-refractivity contribution in [2.75, 3.05) is 13.7 Å². The molecule has 24 heavy (non-hydrogen) atoms. The predicted molar refractivity (Wildman–Crippen MR) is 91.4 cm³/mol. The number of aliphatic carboxylic acids is 1. The Morgan fingerprint density at radius 1 is 1.38 bits per heavy atom. The van der Waals surface area contributed by atoms with Crippen LogP contribution in [-0.2, 0) is 11.2 Å². The van der Waals surface area contributed by atoms with Crippen LogP contribution in [0.1, 0.15) is 25.2 Å². The van der Waals surface area contributed by atoms with Gasteiger partial charge < -0.3 is 14.6 Å². The molecule has 0 bridgehead atoms. The predicted octanol–water partition coefficient (Wildman–Crippen LogP) is 2.99. The number of benzene rings is 1. The first-order valence-electron chi connectivity index (χ1n) is 7.42. The van der Waals surface area contributed by atoms with Crippen LogP contribution in [0.4, 0.5) is 0 Å². The van der Waals surface area contributed by atoms with Gasteiger partial charge in [0.2, 0.25) is 5.16 Å². The van der Waals surface area contributed by atoms with E-state index in [2.05, 4.69) is 15.2 Å². The first-order valence-corrected chi connectivity index (χ1v) is 8.24. The van der Waals surface area contributed by atoms with Crippen LogP contribution in [0.2, 0.25) is 0 Å². The molecule has 128 valence electrons. The van der Waals surface area contributed by atoms with E-state index in [-0.39, 0.29) is 4.91 Å². The zero-order chi connectivity index (χ0) is 17.5. The van der Waals surface area contributed by atoms with Gasteiger partial charge in [-0.1, -0.05) is 13.0 Å². The van der Waals surface area contributed by atoms with E-state index in [1.807, 2.05) is 13.8 Å². The van der Waals surface area contributed by atoms with E-state index in [4.69, 9.17) is 9.47 Å². The summed E-state index contributed by atoms with van der Waals surface area (Å²) in [6, 6.07) is 5.24. The number of ether oxygens (including phenoxy) is 2. The van der Waals surface area contributed by atoms with Crippen molar-refractivity contribution in [3.05, 3.63) is 34.5 Å². The van der Waals surface area contributed by atoms with Crippen molar-refractivity contribution < 1.29 is 19.4 Å². The normalized spacial score (nSPS) is 11.4. The van der Waals surface area contributed by atoms with E-state index in [0.717, 1.165) is 11.8 Å². The number of carboxylic acid groups (broad SMARTS) is 1. The zero-order valence-corrected chi connectivity index (χ0v) is 14.5. The van der Waals surface area contributed by atoms with Gasteiger partial charge in [0.05, 0.1) is 13.7 Å². The molecule has 0 saturated carbocycles. The van der Waals surface area contributed by atoms with E-state index < -0.39 is 5.97 Å². The number of aromatic nitrogens is 3. The van der Waals surface area contributed by atoms with Gasteiger partial charge in [-0.3, -0.25) is 5.10 Å². The topological polar surface area (TPSA) is 97.3 Å². The molecule has 0 aliphatic carbocycles. The number of aromatic amines is 1. The summed E-state index contributed by atoms with van der Waals surface area (Å²) in [4.78, 5) is 15.8. The summed E-state index contributed by atoms with van der Waals surface area (Å²) in [6.45, 7) is 4.30. The van der Waals surface area contributed by atoms with Gasteiger partial charge in [-0.2, -0.15) is 0 Å². The van der Waals surface area contributed by atoms with Crippen LogP contribution in [0.15, 0.2) is 28.3 Å². The number of H-pyrrole nitrogens is 1. The van der Waals surface area contributed by atoms with Crippen molar-refractivity contribution in [2.24, 2.45) is 0 Å². The first kappa shape index (κ1) is 17.9. The molecule has 2 rings (SSSR count). The average Bonchev–Trinajstić information content (AvgIpc) is 3.02. The van der Waals surface area contributed by atoms with Gasteiger partial charge in [-0.15, -0.1) is 5.10 Å². The third-order valence-corrected chi connectivity index (χ3v) is 3.92. The average molecular weight is 349 g/mol. The third-order valence-electron chi connectivity index (χ3n) is 3.04. The van der Waals surface area contributed by atoms with Crippen molar-refractivity contribution in [1.29, 1.82) is 0 Å². The number of nitrogens with one attached hydrogen (secondary N) is 1. The summed E-state index contributed by atoms with van der Waals surface area (Å²) in [6.07, 6.45) is 2.26. The molecule has 0 spiro atoms. The lowest BCUT2D eigenvalue weighted by Crippen LogP contribution is -1.98. The first-order chi connectivity index (χ1) is 11.6. The maximum Gasteiger partial charge on any atom is 0.342 e. The van der Waals surface area contributed by atoms with Crippen molar-refractivity contribution >= 4 is 23.8 Å². The van der Waals surface area contributed by atoms with Crippen LogP contribution in [0.5, 0.6) is 11.5 Å². The molecule has 8 heteroatoms. The van der Waals surface area contributed by atoms with Gasteiger partial charge >= 0.3 is 5.97 Å². The van der Waals surface area contributed by atoms with Gasteiger partial charge in [0.25, 0.3) is 0 Å². The number of thioether (sulfide) groups is 1. The Balaban J connectivity index is 2.29. The molecule has 0 unspecified atom stereocenters. The standard InChI is InChI=1S/C16H19N3O4S/c1-4-14-17-16(19-18-14)24-13(15(20)21)9-10-6-7-11(22-3)12(8-10)23-5-2/h6-9H,4-5H2,1-3H3,(H,20,21)(H,17,18,19)/b13-9-. The van der Waals surface area contributed by atoms with Gasteiger partial charge in [0.1, 0.15) is 10.7 Å². The highest BCUT2D eigenvalue weighted by atomic mass is 32.2. The largest absolute Gasteiger partial charge is 0.493 e. The number of carboxylic acids is 1. The molecule has 0 atom stereocenters. The number of aryl methyl sites for hydroxylation is 1. The molecular formula is C16H19N3O4S. The highest BCUT2D eigenvalue weighted by Crippen LogP contribution is 2.31. The monoisotopic (exact) mass is 349 g/mol. The minimum Gasteiger partial charge on any atom is -0.493 e. The van der Waals surface area contributed by atoms with Crippen molar-refractivity contribution in [3.63, 3.8) is 0 Å². The molecular weight excluding hydrogens is 330 g/mol. The van der Waals surface area contributed by atoms with Crippen LogP contribution >= 0.6 is 11.8 Å². The summed E-state index contributed by atoms with van der Waals surface area (Å²) in [7, 11) is 1.56. The Labute approximate surface area is 144 Å². The summed E-state index contributed by atoms with van der Waals surface area (Å²) in [5.74, 6) is 0.830. The van der Waals surface area contributed by atoms with E-state index in [1.54, 1.807) is 31.4 Å². The minimum atomic E-state index is -1.04. The summed E-state index contributed by atoms with van der Waals surface area (Å²) in [5.41, 5.74) is 0.690. The summed E-state index contributed by atoms with van der Waals surface area (Å²) in [5, 5.41) is 16.6. The maximum atomic E-state index is 11.5. The molecule has 2 N–H and O–H groups in total. The van der Waals surface area contributed by atoms with Crippen molar-refractivity contribution in [2.45, 2.75) is 25.4 Å². The fourth-order valence-corrected chi connectivity index (χ4v) is 2.64. The lowest BCUT2D eigenvalue weighted by molar-refractivity contribution is -0.131. The Bertz CT molecular complexity index is 743. The molecule has 7 nitrogen and oxygen atoms in total. The van der Waals surface area contributed by atoms with Gasteiger partial charge in [-0.05, 0) is 42.5 Å². The Morgan fingerprint density at radius 2 is 2.17 bits per heavy atom. The van der Waals surface area contributed by atoms with Gasteiger partial charge in [0.15, 0.2) is 11.5 Å². The maximum absolute atomic E-state index is 11.5. The molecule has 1 aromatic carbocycles. The fraction of sp³-hybridized carbons (Fsp3) is 0.312. The van der Waals surface area contributed by atoms with Gasteiger partial charge in [0, 0.05) is 6.42 Å². The van der Waals surface area contributed by atoms with Gasteiger partial charge in [-0.25, -0.2) is 9.78 Å². The lowest BCUT2D eigenvalue weighted by Gasteiger charge is -2.10. The minimum absolute atomic E-state index is 0.115. The number of hydrogen-bond donors (Lipinski definition) is 2. The molecule has 2 aromatic rings. The van der Waals surface area contributed by atoms with Crippen LogP contribution in [0.3, 0.4) is 0 Å². The number of rotatable bonds is 8. The molecule has 1 aromatic heterocycles. The molecule has 0 aliphatic heterocycles. The Kier molecular flexibility index (Phi) is 6.25. The second-order valence-corrected chi connectivity index (χ2v) is 5.69. The lowest BCUT2D eigenvalue weighted by atomic mass is 10.2. The highest BCUT2D eigenvalue weighted by molar-refractivity contribution is 8.04. The number of carbonyl (C=O) groups is 1. The van der Waals surface area contributed by atoms with Crippen LogP contribution < -0.4 is 9.47 Å². The Hall–Kier alpha value is -2.48. The van der Waals surface area contributed by atoms with E-state index in [0.29, 0.717) is 41.1 Å². The molecule has 0 aliphatic rings. The third kappa shape index (κ3) is 4.51. The number of nitrogens with zero attached hydrogens (tertiary/aromatic N) is 2. The summed E-state index contributed by atoms with van der Waals surface area (Å²) < 4.78 is 10.7. The van der Waals surface area contributed by atoms with Crippen LogP contribution in [0, 0.1) is 0 Å². The van der Waals surface area contributed by atoms with Crippen LogP contribution in [0.25, 0.3) is 6.08 Å². The molecule has 0 amide bonds. The smallest absolute Gasteiger partial charge is 0.342 e. The van der Waals surface area contributed by atoms with E-state index in [9.17, 15) is 9.90 Å². The highest BCUT2D eigenvalue weighted by Gasteiger charge is 2.14.